The number of carbonyl (C=O) groups is 2. The van der Waals surface area contributed by atoms with Crippen LogP contribution in [-0.4, -0.2) is 36.5 Å². The van der Waals surface area contributed by atoms with Crippen molar-refractivity contribution in [2.24, 2.45) is 0 Å². The second kappa shape index (κ2) is 10.8. The summed E-state index contributed by atoms with van der Waals surface area (Å²) in [7, 11) is 1.30. The van der Waals surface area contributed by atoms with E-state index in [2.05, 4.69) is 0 Å². The van der Waals surface area contributed by atoms with Crippen molar-refractivity contribution in [2.75, 3.05) is 13.7 Å². The van der Waals surface area contributed by atoms with Crippen LogP contribution in [0.15, 0.2) is 72.8 Å². The van der Waals surface area contributed by atoms with Crippen LogP contribution >= 0.6 is 11.6 Å². The van der Waals surface area contributed by atoms with Gasteiger partial charge >= 0.3 is 6.09 Å². The van der Waals surface area contributed by atoms with Gasteiger partial charge in [-0.15, -0.1) is 0 Å². The summed E-state index contributed by atoms with van der Waals surface area (Å²) < 4.78 is 10.5. The summed E-state index contributed by atoms with van der Waals surface area (Å²) >= 11 is 6.26. The van der Waals surface area contributed by atoms with E-state index in [4.69, 9.17) is 21.1 Å². The van der Waals surface area contributed by atoms with Gasteiger partial charge in [0.1, 0.15) is 5.75 Å². The van der Waals surface area contributed by atoms with Crippen molar-refractivity contribution in [1.82, 2.24) is 4.90 Å². The lowest BCUT2D eigenvalue weighted by atomic mass is 10.0. The molecule has 0 saturated carbocycles. The van der Waals surface area contributed by atoms with Gasteiger partial charge in [-0.3, -0.25) is 9.69 Å². The fourth-order valence-corrected chi connectivity index (χ4v) is 3.48. The molecule has 6 heteroatoms. The number of Topliss-reactive ketones (excluding diaryl/α,β-unsaturated/α-hetero) is 1. The third kappa shape index (κ3) is 6.11. The van der Waals surface area contributed by atoms with E-state index in [1.807, 2.05) is 68.4 Å². The molecule has 0 atom stereocenters. The number of ketones is 1. The SMILES string of the molecule is COC(=O)N(CC(=O)c1ccc(OC(C)C)c(Cl)c1)Cc1ccc(-c2ccccc2)cc1. The molecular weight excluding hydrogens is 426 g/mol. The van der Waals surface area contributed by atoms with Gasteiger partial charge in [0, 0.05) is 12.1 Å². The molecular formula is C26H26ClNO4. The van der Waals surface area contributed by atoms with E-state index >= 15 is 0 Å². The van der Waals surface area contributed by atoms with Crippen molar-refractivity contribution < 1.29 is 19.1 Å². The summed E-state index contributed by atoms with van der Waals surface area (Å²) in [5, 5.41) is 0.352. The highest BCUT2D eigenvalue weighted by atomic mass is 35.5. The van der Waals surface area contributed by atoms with E-state index in [1.54, 1.807) is 18.2 Å². The Kier molecular flexibility index (Phi) is 7.90. The lowest BCUT2D eigenvalue weighted by Crippen LogP contribution is -2.35. The molecule has 0 aliphatic carbocycles. The van der Waals surface area contributed by atoms with Crippen LogP contribution in [0.5, 0.6) is 5.75 Å². The Balaban J connectivity index is 1.72. The van der Waals surface area contributed by atoms with E-state index in [1.165, 1.54) is 12.0 Å². The van der Waals surface area contributed by atoms with Gasteiger partial charge in [0.2, 0.25) is 0 Å². The van der Waals surface area contributed by atoms with Gasteiger partial charge in [-0.1, -0.05) is 66.2 Å². The van der Waals surface area contributed by atoms with Gasteiger partial charge in [-0.05, 0) is 48.7 Å². The normalized spacial score (nSPS) is 10.7. The molecule has 166 valence electrons. The van der Waals surface area contributed by atoms with E-state index in [0.717, 1.165) is 16.7 Å². The van der Waals surface area contributed by atoms with E-state index in [-0.39, 0.29) is 25.0 Å². The van der Waals surface area contributed by atoms with E-state index in [0.29, 0.717) is 16.3 Å². The third-order valence-electron chi connectivity index (χ3n) is 4.82. The van der Waals surface area contributed by atoms with Crippen LogP contribution in [0.1, 0.15) is 29.8 Å². The van der Waals surface area contributed by atoms with Crippen LogP contribution in [0.25, 0.3) is 11.1 Å². The predicted molar refractivity (Wildman–Crippen MR) is 126 cm³/mol. The Morgan fingerprint density at radius 2 is 1.59 bits per heavy atom. The zero-order valence-corrected chi connectivity index (χ0v) is 19.1. The Morgan fingerprint density at radius 3 is 2.19 bits per heavy atom. The van der Waals surface area contributed by atoms with Crippen molar-refractivity contribution in [1.29, 1.82) is 0 Å². The Bertz CT molecular complexity index is 1060. The molecule has 1 amide bonds. The molecule has 5 nitrogen and oxygen atoms in total. The monoisotopic (exact) mass is 451 g/mol. The van der Waals surface area contributed by atoms with Gasteiger partial charge in [0.05, 0.1) is 24.8 Å². The second-order valence-electron chi connectivity index (χ2n) is 7.62. The first-order valence-electron chi connectivity index (χ1n) is 10.3. The van der Waals surface area contributed by atoms with Crippen molar-refractivity contribution in [3.8, 4) is 16.9 Å². The molecule has 0 aliphatic heterocycles. The summed E-state index contributed by atoms with van der Waals surface area (Å²) in [5.41, 5.74) is 3.48. The zero-order valence-electron chi connectivity index (χ0n) is 18.4. The lowest BCUT2D eigenvalue weighted by Gasteiger charge is -2.21. The van der Waals surface area contributed by atoms with Crippen molar-refractivity contribution >= 4 is 23.5 Å². The first-order chi connectivity index (χ1) is 15.4. The Morgan fingerprint density at radius 1 is 0.938 bits per heavy atom. The van der Waals surface area contributed by atoms with Crippen LogP contribution in [0.2, 0.25) is 5.02 Å². The highest BCUT2D eigenvalue weighted by Gasteiger charge is 2.20. The zero-order chi connectivity index (χ0) is 23.1. The maximum atomic E-state index is 12.8. The number of ether oxygens (including phenoxy) is 2. The largest absolute Gasteiger partial charge is 0.489 e. The van der Waals surface area contributed by atoms with Crippen LogP contribution in [-0.2, 0) is 11.3 Å². The summed E-state index contributed by atoms with van der Waals surface area (Å²) in [6.07, 6.45) is -0.603. The molecule has 3 rings (SSSR count). The highest BCUT2D eigenvalue weighted by Crippen LogP contribution is 2.27. The summed E-state index contributed by atoms with van der Waals surface area (Å²) in [6, 6.07) is 22.8. The average molecular weight is 452 g/mol. The molecule has 0 unspecified atom stereocenters. The quantitative estimate of drug-likeness (QED) is 0.380. The molecule has 0 N–H and O–H groups in total. The standard InChI is InChI=1S/C26H26ClNO4/c1-18(2)32-25-14-13-22(15-23(25)27)24(29)17-28(26(30)31-3)16-19-9-11-21(12-10-19)20-7-5-4-6-8-20/h4-15,18H,16-17H2,1-3H3. The number of methoxy groups -OCH3 is 1. The van der Waals surface area contributed by atoms with Crippen LogP contribution < -0.4 is 4.74 Å². The van der Waals surface area contributed by atoms with Gasteiger partial charge in [-0.25, -0.2) is 4.79 Å². The van der Waals surface area contributed by atoms with Gasteiger partial charge in [-0.2, -0.15) is 0 Å². The molecule has 3 aromatic rings. The van der Waals surface area contributed by atoms with Gasteiger partial charge in [0.15, 0.2) is 5.78 Å². The minimum Gasteiger partial charge on any atom is -0.489 e. The molecule has 32 heavy (non-hydrogen) atoms. The van der Waals surface area contributed by atoms with Crippen LogP contribution in [0.3, 0.4) is 0 Å². The number of halogens is 1. The number of carbonyl (C=O) groups excluding carboxylic acids is 2. The summed E-state index contributed by atoms with van der Waals surface area (Å²) in [5.74, 6) is 0.274. The molecule has 0 radical (unpaired) electrons. The smallest absolute Gasteiger partial charge is 0.410 e. The molecule has 0 fully saturated rings. The molecule has 0 saturated heterocycles. The number of hydrogen-bond acceptors (Lipinski definition) is 4. The Labute approximate surface area is 193 Å². The maximum absolute atomic E-state index is 12.8. The first kappa shape index (κ1) is 23.4. The fourth-order valence-electron chi connectivity index (χ4n) is 3.26. The van der Waals surface area contributed by atoms with E-state index < -0.39 is 6.09 Å². The summed E-state index contributed by atoms with van der Waals surface area (Å²) in [4.78, 5) is 26.5. The first-order valence-corrected chi connectivity index (χ1v) is 10.7. The average Bonchev–Trinajstić information content (AvgIpc) is 2.80. The molecule has 3 aromatic carbocycles. The maximum Gasteiger partial charge on any atom is 0.410 e. The van der Waals surface area contributed by atoms with Crippen molar-refractivity contribution in [2.45, 2.75) is 26.5 Å². The van der Waals surface area contributed by atoms with Crippen LogP contribution in [0.4, 0.5) is 4.79 Å². The Hall–Kier alpha value is -3.31. The molecule has 0 bridgehead atoms. The van der Waals surface area contributed by atoms with Gasteiger partial charge in [0.25, 0.3) is 0 Å². The van der Waals surface area contributed by atoms with Crippen molar-refractivity contribution in [3.05, 3.63) is 88.9 Å². The number of rotatable bonds is 8. The molecule has 0 aliphatic rings. The third-order valence-corrected chi connectivity index (χ3v) is 5.11. The minimum absolute atomic E-state index is 0.0304. The lowest BCUT2D eigenvalue weighted by molar-refractivity contribution is 0.0870. The summed E-state index contributed by atoms with van der Waals surface area (Å²) in [6.45, 7) is 3.91. The van der Waals surface area contributed by atoms with Crippen molar-refractivity contribution in [3.63, 3.8) is 0 Å². The number of hydrogen-bond donors (Lipinski definition) is 0. The molecule has 0 spiro atoms. The van der Waals surface area contributed by atoms with Crippen LogP contribution in [0, 0.1) is 0 Å². The number of amides is 1. The second-order valence-corrected chi connectivity index (χ2v) is 8.03. The predicted octanol–water partition coefficient (Wildman–Crippen LogP) is 6.25. The molecule has 0 heterocycles. The highest BCUT2D eigenvalue weighted by molar-refractivity contribution is 6.32. The molecule has 0 aromatic heterocycles. The topological polar surface area (TPSA) is 55.8 Å². The van der Waals surface area contributed by atoms with Gasteiger partial charge < -0.3 is 9.47 Å². The number of nitrogens with zero attached hydrogens (tertiary/aromatic N) is 1. The van der Waals surface area contributed by atoms with E-state index in [9.17, 15) is 9.59 Å². The fraction of sp³-hybridized carbons (Fsp3) is 0.231. The number of benzene rings is 3. The minimum atomic E-state index is -0.573.